The van der Waals surface area contributed by atoms with E-state index in [1.54, 1.807) is 27.9 Å². The number of benzene rings is 1. The van der Waals surface area contributed by atoms with Crippen LogP contribution in [0.15, 0.2) is 41.5 Å². The molecule has 1 aliphatic heterocycles. The minimum absolute atomic E-state index is 0. The summed E-state index contributed by atoms with van der Waals surface area (Å²) in [4.78, 5) is 32.4. The number of nitrogens with zero attached hydrogens (tertiary/aromatic N) is 5. The lowest BCUT2D eigenvalue weighted by molar-refractivity contribution is 0.0611. The van der Waals surface area contributed by atoms with Crippen molar-refractivity contribution in [1.82, 2.24) is 29.5 Å². The molecule has 8 nitrogen and oxygen atoms in total. The Labute approximate surface area is 168 Å². The summed E-state index contributed by atoms with van der Waals surface area (Å²) in [5, 5.41) is 8.22. The van der Waals surface area contributed by atoms with Crippen molar-refractivity contribution < 1.29 is 4.79 Å². The zero-order valence-corrected chi connectivity index (χ0v) is 16.6. The fourth-order valence-corrected chi connectivity index (χ4v) is 3.63. The highest BCUT2D eigenvalue weighted by Crippen LogP contribution is 2.22. The Morgan fingerprint density at radius 2 is 2.11 bits per heavy atom. The van der Waals surface area contributed by atoms with Crippen LogP contribution >= 0.6 is 12.4 Å². The normalized spacial score (nSPS) is 16.8. The Balaban J connectivity index is 0.00000225. The van der Waals surface area contributed by atoms with Crippen molar-refractivity contribution in [3.63, 3.8) is 0 Å². The second-order valence-corrected chi connectivity index (χ2v) is 6.63. The zero-order valence-electron chi connectivity index (χ0n) is 15.8. The van der Waals surface area contributed by atoms with E-state index in [0.29, 0.717) is 31.6 Å². The molecule has 28 heavy (non-hydrogen) atoms. The maximum atomic E-state index is 13.3. The van der Waals surface area contributed by atoms with Gasteiger partial charge in [0.25, 0.3) is 5.91 Å². The average Bonchev–Trinajstić information content (AvgIpc) is 3.14. The molecule has 0 radical (unpaired) electrons. The number of para-hydroxylation sites is 1. The van der Waals surface area contributed by atoms with Gasteiger partial charge in [0.15, 0.2) is 5.69 Å². The first kappa shape index (κ1) is 20.0. The molecule has 0 aliphatic carbocycles. The third-order valence-electron chi connectivity index (χ3n) is 5.03. The maximum absolute atomic E-state index is 13.3. The molecule has 1 atom stereocenters. The van der Waals surface area contributed by atoms with Gasteiger partial charge in [-0.15, -0.1) is 12.4 Å². The lowest BCUT2D eigenvalue weighted by Crippen LogP contribution is -2.50. The third kappa shape index (κ3) is 3.29. The summed E-state index contributed by atoms with van der Waals surface area (Å²) in [6.45, 7) is 4.27. The first-order chi connectivity index (χ1) is 13.1. The van der Waals surface area contributed by atoms with Crippen LogP contribution in [-0.2, 0) is 13.6 Å². The standard InChI is InChI=1S/C19H22N6O2.ClH/c1-3-25-14-7-5-4-6-13(14)17(26)16(22-25)19(27)24-11-8-20-12-15(24)18-21-9-10-23(18)2;/h4-7,9-10,15,20H,3,8,11-12H2,1-2H3;1H. The van der Waals surface area contributed by atoms with Crippen molar-refractivity contribution in [3.05, 3.63) is 58.4 Å². The number of aromatic nitrogens is 4. The lowest BCUT2D eigenvalue weighted by atomic mass is 10.1. The number of rotatable bonds is 3. The minimum Gasteiger partial charge on any atom is -0.336 e. The van der Waals surface area contributed by atoms with Crippen molar-refractivity contribution in [3.8, 4) is 0 Å². The molecule has 4 rings (SSSR count). The third-order valence-corrected chi connectivity index (χ3v) is 5.03. The van der Waals surface area contributed by atoms with E-state index in [-0.39, 0.29) is 35.5 Å². The molecule has 3 aromatic rings. The molecule has 148 valence electrons. The Hall–Kier alpha value is -2.71. The van der Waals surface area contributed by atoms with Crippen LogP contribution in [0.5, 0.6) is 0 Å². The van der Waals surface area contributed by atoms with Crippen molar-refractivity contribution in [1.29, 1.82) is 0 Å². The number of fused-ring (bicyclic) bond motifs is 1. The molecule has 0 bridgehead atoms. The van der Waals surface area contributed by atoms with E-state index in [4.69, 9.17) is 0 Å². The van der Waals surface area contributed by atoms with E-state index in [9.17, 15) is 9.59 Å². The quantitative estimate of drug-likeness (QED) is 0.715. The highest BCUT2D eigenvalue weighted by molar-refractivity contribution is 5.95. The SMILES string of the molecule is CCn1nc(C(=O)N2CCNCC2c2nccn2C)c(=O)c2ccccc21.Cl. The second kappa shape index (κ2) is 8.12. The van der Waals surface area contributed by atoms with Crippen LogP contribution in [0, 0.1) is 0 Å². The van der Waals surface area contributed by atoms with Crippen LogP contribution in [0.2, 0.25) is 0 Å². The molecule has 3 heterocycles. The zero-order chi connectivity index (χ0) is 19.0. The Morgan fingerprint density at radius 3 is 2.82 bits per heavy atom. The smallest absolute Gasteiger partial charge is 0.279 e. The number of amides is 1. The number of aryl methyl sites for hydroxylation is 2. The number of nitrogens with one attached hydrogen (secondary N) is 1. The molecule has 0 saturated carbocycles. The van der Waals surface area contributed by atoms with Gasteiger partial charge in [0, 0.05) is 51.0 Å². The van der Waals surface area contributed by atoms with Gasteiger partial charge in [-0.25, -0.2) is 4.98 Å². The molecule has 9 heteroatoms. The van der Waals surface area contributed by atoms with Gasteiger partial charge in [0.2, 0.25) is 5.43 Å². The molecule has 2 aromatic heterocycles. The summed E-state index contributed by atoms with van der Waals surface area (Å²) in [5.74, 6) is 0.439. The average molecular weight is 403 g/mol. The van der Waals surface area contributed by atoms with Crippen LogP contribution in [0.1, 0.15) is 29.3 Å². The van der Waals surface area contributed by atoms with E-state index >= 15 is 0 Å². The summed E-state index contributed by atoms with van der Waals surface area (Å²) in [6.07, 6.45) is 3.57. The Bertz CT molecular complexity index is 1060. The monoisotopic (exact) mass is 402 g/mol. The topological polar surface area (TPSA) is 85.1 Å². The number of imidazole rings is 1. The van der Waals surface area contributed by atoms with Crippen molar-refractivity contribution in [2.45, 2.75) is 19.5 Å². The Morgan fingerprint density at radius 1 is 1.32 bits per heavy atom. The van der Waals surface area contributed by atoms with Gasteiger partial charge in [-0.3, -0.25) is 14.3 Å². The fourth-order valence-electron chi connectivity index (χ4n) is 3.63. The molecule has 0 spiro atoms. The number of carbonyl (C=O) groups is 1. The van der Waals surface area contributed by atoms with Gasteiger partial charge >= 0.3 is 0 Å². The predicted octanol–water partition coefficient (Wildman–Crippen LogP) is 1.36. The van der Waals surface area contributed by atoms with Gasteiger partial charge in [-0.05, 0) is 19.1 Å². The highest BCUT2D eigenvalue weighted by Gasteiger charge is 2.33. The largest absolute Gasteiger partial charge is 0.336 e. The van der Waals surface area contributed by atoms with Crippen molar-refractivity contribution in [2.24, 2.45) is 7.05 Å². The van der Waals surface area contributed by atoms with Crippen molar-refractivity contribution >= 4 is 29.2 Å². The number of hydrogen-bond acceptors (Lipinski definition) is 5. The van der Waals surface area contributed by atoms with E-state index < -0.39 is 0 Å². The summed E-state index contributed by atoms with van der Waals surface area (Å²) in [5.41, 5.74) is 0.386. The van der Waals surface area contributed by atoms with Gasteiger partial charge in [0.1, 0.15) is 11.9 Å². The summed E-state index contributed by atoms with van der Waals surface area (Å²) < 4.78 is 3.61. The maximum Gasteiger partial charge on any atom is 0.279 e. The predicted molar refractivity (Wildman–Crippen MR) is 109 cm³/mol. The minimum atomic E-state index is -0.345. The summed E-state index contributed by atoms with van der Waals surface area (Å²) in [7, 11) is 1.90. The lowest BCUT2D eigenvalue weighted by Gasteiger charge is -2.35. The number of carbonyl (C=O) groups excluding carboxylic acids is 1. The van der Waals surface area contributed by atoms with Gasteiger partial charge in [-0.1, -0.05) is 12.1 Å². The molecule has 1 fully saturated rings. The first-order valence-electron chi connectivity index (χ1n) is 9.10. The first-order valence-corrected chi connectivity index (χ1v) is 9.10. The summed E-state index contributed by atoms with van der Waals surface area (Å²) >= 11 is 0. The molecule has 1 aromatic carbocycles. The van der Waals surface area contributed by atoms with Crippen LogP contribution in [0.4, 0.5) is 0 Å². The highest BCUT2D eigenvalue weighted by atomic mass is 35.5. The van der Waals surface area contributed by atoms with Crippen LogP contribution < -0.4 is 10.7 Å². The van der Waals surface area contributed by atoms with Crippen LogP contribution in [0.25, 0.3) is 10.9 Å². The molecular weight excluding hydrogens is 380 g/mol. The Kier molecular flexibility index (Phi) is 5.81. The number of hydrogen-bond donors (Lipinski definition) is 1. The second-order valence-electron chi connectivity index (χ2n) is 6.63. The van der Waals surface area contributed by atoms with E-state index in [2.05, 4.69) is 15.4 Å². The van der Waals surface area contributed by atoms with Gasteiger partial charge < -0.3 is 14.8 Å². The fraction of sp³-hybridized carbons (Fsp3) is 0.368. The molecule has 1 N–H and O–H groups in total. The van der Waals surface area contributed by atoms with Gasteiger partial charge in [-0.2, -0.15) is 5.10 Å². The molecule has 1 unspecified atom stereocenters. The number of piperazine rings is 1. The summed E-state index contributed by atoms with van der Waals surface area (Å²) in [6, 6.07) is 7.03. The van der Waals surface area contributed by atoms with E-state index in [1.165, 1.54) is 0 Å². The molecule has 1 amide bonds. The van der Waals surface area contributed by atoms with Crippen LogP contribution in [0.3, 0.4) is 0 Å². The molecule has 1 aliphatic rings. The van der Waals surface area contributed by atoms with E-state index in [1.807, 2.05) is 36.9 Å². The number of halogens is 1. The van der Waals surface area contributed by atoms with Crippen molar-refractivity contribution in [2.75, 3.05) is 19.6 Å². The van der Waals surface area contributed by atoms with Gasteiger partial charge in [0.05, 0.1) is 5.52 Å². The molecule has 1 saturated heterocycles. The molecular formula is C19H23ClN6O2. The van der Waals surface area contributed by atoms with Crippen LogP contribution in [-0.4, -0.2) is 49.8 Å². The van der Waals surface area contributed by atoms with E-state index in [0.717, 1.165) is 11.3 Å².